The van der Waals surface area contributed by atoms with Gasteiger partial charge in [0.05, 0.1) is 21.3 Å². The topological polar surface area (TPSA) is 102 Å². The number of hydrogen-bond donors (Lipinski definition) is 2. The number of nitrogens with one attached hydrogen (secondary N) is 2. The van der Waals surface area contributed by atoms with Crippen LogP contribution >= 0.6 is 0 Å². The standard InChI is InChI=1S/C17H16N2O5S/c1-25(23)14-10-6-5-9-13(14)17(22)24-11-15(20)18-19-16(21)12-7-3-2-4-8-12/h2-10H,11H2,1H3,(H,18,20)(H,19,21)/t25-/m1/s1. The van der Waals surface area contributed by atoms with Crippen molar-refractivity contribution < 1.29 is 23.3 Å². The fraction of sp³-hybridized carbons (Fsp3) is 0.118. The van der Waals surface area contributed by atoms with Gasteiger partial charge in [-0.05, 0) is 24.3 Å². The predicted molar refractivity (Wildman–Crippen MR) is 91.1 cm³/mol. The Morgan fingerprint density at radius 2 is 1.60 bits per heavy atom. The van der Waals surface area contributed by atoms with Gasteiger partial charge in [-0.3, -0.25) is 24.6 Å². The van der Waals surface area contributed by atoms with E-state index in [4.69, 9.17) is 4.74 Å². The third-order valence-electron chi connectivity index (χ3n) is 3.10. The van der Waals surface area contributed by atoms with Gasteiger partial charge >= 0.3 is 5.97 Å². The van der Waals surface area contributed by atoms with E-state index in [1.165, 1.54) is 12.3 Å². The average Bonchev–Trinajstić information content (AvgIpc) is 2.64. The Balaban J connectivity index is 1.85. The van der Waals surface area contributed by atoms with Gasteiger partial charge < -0.3 is 4.74 Å². The molecule has 130 valence electrons. The van der Waals surface area contributed by atoms with E-state index in [-0.39, 0.29) is 5.56 Å². The van der Waals surface area contributed by atoms with Gasteiger partial charge in [-0.2, -0.15) is 0 Å². The van der Waals surface area contributed by atoms with Crippen LogP contribution in [0.15, 0.2) is 59.5 Å². The van der Waals surface area contributed by atoms with Gasteiger partial charge in [0.2, 0.25) is 0 Å². The lowest BCUT2D eigenvalue weighted by atomic mass is 10.2. The van der Waals surface area contributed by atoms with Crippen molar-refractivity contribution in [1.29, 1.82) is 0 Å². The van der Waals surface area contributed by atoms with Gasteiger partial charge in [0.15, 0.2) is 6.61 Å². The molecule has 0 aliphatic rings. The number of amides is 2. The van der Waals surface area contributed by atoms with Crippen LogP contribution in [0.3, 0.4) is 0 Å². The van der Waals surface area contributed by atoms with Crippen LogP contribution < -0.4 is 10.9 Å². The number of hydrogen-bond acceptors (Lipinski definition) is 5. The molecule has 2 aromatic rings. The molecule has 2 aromatic carbocycles. The maximum Gasteiger partial charge on any atom is 0.339 e. The van der Waals surface area contributed by atoms with Crippen LogP contribution in [0, 0.1) is 0 Å². The summed E-state index contributed by atoms with van der Waals surface area (Å²) in [4.78, 5) is 35.8. The monoisotopic (exact) mass is 360 g/mol. The molecule has 2 rings (SSSR count). The summed E-state index contributed by atoms with van der Waals surface area (Å²) in [5.41, 5.74) is 4.87. The number of carbonyl (C=O) groups is 3. The van der Waals surface area contributed by atoms with Gasteiger partial charge in [0.1, 0.15) is 0 Å². The molecule has 0 saturated heterocycles. The van der Waals surface area contributed by atoms with Crippen LogP contribution in [0.2, 0.25) is 0 Å². The van der Waals surface area contributed by atoms with Crippen LogP contribution in [-0.4, -0.2) is 34.9 Å². The Morgan fingerprint density at radius 1 is 0.960 bits per heavy atom. The molecule has 1 atom stereocenters. The van der Waals surface area contributed by atoms with E-state index in [1.54, 1.807) is 48.5 Å². The summed E-state index contributed by atoms with van der Waals surface area (Å²) in [7, 11) is -1.36. The summed E-state index contributed by atoms with van der Waals surface area (Å²) in [6, 6.07) is 14.6. The molecule has 0 unspecified atom stereocenters. The SMILES string of the molecule is C[S@@](=O)c1ccccc1C(=O)OCC(=O)NNC(=O)c1ccccc1. The molecular formula is C17H16N2O5S. The first-order chi connectivity index (χ1) is 12.0. The third kappa shape index (κ3) is 5.25. The van der Waals surface area contributed by atoms with E-state index < -0.39 is 35.2 Å². The molecule has 0 aliphatic carbocycles. The number of ether oxygens (including phenoxy) is 1. The maximum atomic E-state index is 12.0. The van der Waals surface area contributed by atoms with Crippen molar-refractivity contribution in [2.24, 2.45) is 0 Å². The third-order valence-corrected chi connectivity index (χ3v) is 4.08. The molecule has 0 fully saturated rings. The fourth-order valence-corrected chi connectivity index (χ4v) is 2.65. The molecular weight excluding hydrogens is 344 g/mol. The highest BCUT2D eigenvalue weighted by Gasteiger charge is 2.16. The van der Waals surface area contributed by atoms with E-state index in [0.29, 0.717) is 10.5 Å². The van der Waals surface area contributed by atoms with Gasteiger partial charge in [-0.1, -0.05) is 30.3 Å². The molecule has 7 nitrogen and oxygen atoms in total. The minimum atomic E-state index is -1.36. The number of benzene rings is 2. The van der Waals surface area contributed by atoms with Crippen LogP contribution in [0.25, 0.3) is 0 Å². The van der Waals surface area contributed by atoms with E-state index >= 15 is 0 Å². The molecule has 2 amide bonds. The quantitative estimate of drug-likeness (QED) is 0.613. The highest BCUT2D eigenvalue weighted by molar-refractivity contribution is 7.84. The number of hydrazine groups is 1. The second-order valence-corrected chi connectivity index (χ2v) is 6.24. The minimum Gasteiger partial charge on any atom is -0.452 e. The first-order valence-corrected chi connectivity index (χ1v) is 8.78. The predicted octanol–water partition coefficient (Wildman–Crippen LogP) is 1.04. The van der Waals surface area contributed by atoms with Gasteiger partial charge in [0, 0.05) is 11.8 Å². The summed E-state index contributed by atoms with van der Waals surface area (Å²) < 4.78 is 16.5. The molecule has 0 aromatic heterocycles. The average molecular weight is 360 g/mol. The van der Waals surface area contributed by atoms with Crippen molar-refractivity contribution >= 4 is 28.6 Å². The summed E-state index contributed by atoms with van der Waals surface area (Å²) >= 11 is 0. The molecule has 0 spiro atoms. The zero-order valence-corrected chi connectivity index (χ0v) is 14.2. The lowest BCUT2D eigenvalue weighted by Crippen LogP contribution is -2.43. The Labute approximate surface area is 146 Å². The van der Waals surface area contributed by atoms with E-state index in [9.17, 15) is 18.6 Å². The van der Waals surface area contributed by atoms with Crippen molar-refractivity contribution in [3.05, 3.63) is 65.7 Å². The second-order valence-electron chi connectivity index (χ2n) is 4.89. The summed E-state index contributed by atoms with van der Waals surface area (Å²) in [5.74, 6) is -1.96. The molecule has 2 N–H and O–H groups in total. The molecule has 0 heterocycles. The zero-order chi connectivity index (χ0) is 18.2. The summed E-state index contributed by atoms with van der Waals surface area (Å²) in [5, 5.41) is 0. The Kier molecular flexibility index (Phi) is 6.41. The highest BCUT2D eigenvalue weighted by atomic mass is 32.2. The normalized spacial score (nSPS) is 11.2. The maximum absolute atomic E-state index is 12.0. The Bertz CT molecular complexity index is 808. The van der Waals surface area contributed by atoms with Gasteiger partial charge in [-0.15, -0.1) is 0 Å². The van der Waals surface area contributed by atoms with Crippen molar-refractivity contribution in [1.82, 2.24) is 10.9 Å². The Hall–Kier alpha value is -3.00. The number of carbonyl (C=O) groups excluding carboxylic acids is 3. The first kappa shape index (κ1) is 18.3. The van der Waals surface area contributed by atoms with E-state index in [0.717, 1.165) is 0 Å². The molecule has 8 heteroatoms. The van der Waals surface area contributed by atoms with Crippen molar-refractivity contribution in [2.75, 3.05) is 12.9 Å². The fourth-order valence-electron chi connectivity index (χ4n) is 1.92. The number of esters is 1. The van der Waals surface area contributed by atoms with Gasteiger partial charge in [-0.25, -0.2) is 4.79 Å². The second kappa shape index (κ2) is 8.74. The molecule has 0 bridgehead atoms. The summed E-state index contributed by atoms with van der Waals surface area (Å²) in [6.07, 6.45) is 1.44. The van der Waals surface area contributed by atoms with Crippen LogP contribution in [0.5, 0.6) is 0 Å². The van der Waals surface area contributed by atoms with Crippen LogP contribution in [0.4, 0.5) is 0 Å². The lowest BCUT2D eigenvalue weighted by Gasteiger charge is -2.09. The largest absolute Gasteiger partial charge is 0.452 e. The minimum absolute atomic E-state index is 0.129. The molecule has 0 radical (unpaired) electrons. The zero-order valence-electron chi connectivity index (χ0n) is 13.4. The molecule has 0 aliphatic heterocycles. The van der Waals surface area contributed by atoms with E-state index in [2.05, 4.69) is 10.9 Å². The first-order valence-electron chi connectivity index (χ1n) is 7.23. The van der Waals surface area contributed by atoms with Crippen LogP contribution in [0.1, 0.15) is 20.7 Å². The highest BCUT2D eigenvalue weighted by Crippen LogP contribution is 2.13. The van der Waals surface area contributed by atoms with Crippen LogP contribution in [-0.2, 0) is 20.3 Å². The van der Waals surface area contributed by atoms with Crippen molar-refractivity contribution in [2.45, 2.75) is 4.90 Å². The molecule has 25 heavy (non-hydrogen) atoms. The number of rotatable bonds is 5. The lowest BCUT2D eigenvalue weighted by molar-refractivity contribution is -0.125. The van der Waals surface area contributed by atoms with E-state index in [1.807, 2.05) is 0 Å². The molecule has 0 saturated carbocycles. The van der Waals surface area contributed by atoms with Gasteiger partial charge in [0.25, 0.3) is 11.8 Å². The van der Waals surface area contributed by atoms with Crippen molar-refractivity contribution in [3.8, 4) is 0 Å². The summed E-state index contributed by atoms with van der Waals surface area (Å²) in [6.45, 7) is -0.585. The van der Waals surface area contributed by atoms with Crippen molar-refractivity contribution in [3.63, 3.8) is 0 Å². The Morgan fingerprint density at radius 3 is 2.28 bits per heavy atom. The smallest absolute Gasteiger partial charge is 0.339 e.